The Labute approximate surface area is 262 Å². The van der Waals surface area contributed by atoms with E-state index in [1.54, 1.807) is 28.8 Å². The number of carbonyl (C=O) groups is 3. The Morgan fingerprint density at radius 2 is 1.84 bits per heavy atom. The molecule has 0 radical (unpaired) electrons. The minimum Gasteiger partial charge on any atom is -0.465 e. The van der Waals surface area contributed by atoms with Crippen molar-refractivity contribution in [1.29, 1.82) is 0 Å². The number of ether oxygens (including phenoxy) is 1. The van der Waals surface area contributed by atoms with Crippen LogP contribution in [-0.4, -0.2) is 73.5 Å². The summed E-state index contributed by atoms with van der Waals surface area (Å²) < 4.78 is 4.43. The molecule has 8 heteroatoms. The molecule has 3 heterocycles. The van der Waals surface area contributed by atoms with Gasteiger partial charge in [-0.1, -0.05) is 63.3 Å². The van der Waals surface area contributed by atoms with Crippen LogP contribution >= 0.6 is 11.8 Å². The van der Waals surface area contributed by atoms with Crippen LogP contribution in [0.5, 0.6) is 0 Å². The van der Waals surface area contributed by atoms with Crippen molar-refractivity contribution in [2.75, 3.05) is 19.8 Å². The molecule has 4 rings (SSSR count). The lowest BCUT2D eigenvalue weighted by molar-refractivity contribution is -0.156. The Bertz CT molecular complexity index is 1230. The molecule has 3 fully saturated rings. The van der Waals surface area contributed by atoms with E-state index in [-0.39, 0.29) is 36.4 Å². The zero-order valence-corrected chi connectivity index (χ0v) is 27.6. The van der Waals surface area contributed by atoms with Crippen LogP contribution in [0.25, 0.3) is 0 Å². The summed E-state index contributed by atoms with van der Waals surface area (Å²) in [5.41, 5.74) is 0.163. The largest absolute Gasteiger partial charge is 0.465 e. The molecule has 2 amide bonds. The lowest BCUT2D eigenvalue weighted by atomic mass is 9.66. The first-order valence-corrected chi connectivity index (χ1v) is 16.4. The van der Waals surface area contributed by atoms with Gasteiger partial charge in [0.2, 0.25) is 11.8 Å². The first-order chi connectivity index (χ1) is 20.2. The third-order valence-corrected chi connectivity index (χ3v) is 11.4. The molecule has 236 valence electrons. The Morgan fingerprint density at radius 1 is 1.16 bits per heavy atom. The van der Waals surface area contributed by atoms with E-state index < -0.39 is 39.0 Å². The maximum absolute atomic E-state index is 15.1. The molecule has 1 spiro atoms. The van der Waals surface area contributed by atoms with Gasteiger partial charge in [0, 0.05) is 16.8 Å². The SMILES string of the molecule is C=CCCCOC(=O)[C@H]1[C@H]2C(=O)N([C@H](CO)c3ccccc3)C(C(=O)N(CC=C)C(C)(C)CC(C)(C)C)C23CC[C@]1(C)S3. The van der Waals surface area contributed by atoms with Crippen LogP contribution < -0.4 is 0 Å². The fourth-order valence-corrected chi connectivity index (χ4v) is 10.5. The molecule has 3 aliphatic heterocycles. The van der Waals surface area contributed by atoms with Crippen LogP contribution in [0.2, 0.25) is 0 Å². The van der Waals surface area contributed by atoms with Gasteiger partial charge >= 0.3 is 5.97 Å². The Kier molecular flexibility index (Phi) is 9.63. The number of amides is 2. The van der Waals surface area contributed by atoms with Gasteiger partial charge in [-0.25, -0.2) is 0 Å². The summed E-state index contributed by atoms with van der Waals surface area (Å²) >= 11 is 1.62. The third kappa shape index (κ3) is 6.06. The number of aliphatic hydroxyl groups excluding tert-OH is 1. The number of nitrogens with zero attached hydrogens (tertiary/aromatic N) is 2. The Hall–Kier alpha value is -2.58. The van der Waals surface area contributed by atoms with Crippen molar-refractivity contribution in [2.45, 2.75) is 101 Å². The summed E-state index contributed by atoms with van der Waals surface area (Å²) in [5, 5.41) is 10.8. The number of aliphatic hydroxyl groups is 1. The second kappa shape index (κ2) is 12.4. The molecule has 0 aliphatic carbocycles. The van der Waals surface area contributed by atoms with E-state index in [9.17, 15) is 14.7 Å². The highest BCUT2D eigenvalue weighted by atomic mass is 32.2. The van der Waals surface area contributed by atoms with E-state index in [1.165, 1.54) is 0 Å². The molecule has 2 bridgehead atoms. The number of unbranched alkanes of at least 4 members (excludes halogenated alkanes) is 1. The smallest absolute Gasteiger partial charge is 0.311 e. The van der Waals surface area contributed by atoms with Crippen molar-refractivity contribution < 1.29 is 24.2 Å². The van der Waals surface area contributed by atoms with Gasteiger partial charge in [-0.2, -0.15) is 0 Å². The third-order valence-electron chi connectivity index (χ3n) is 9.46. The molecule has 0 saturated carbocycles. The number of likely N-dealkylation sites (tertiary alicyclic amines) is 1. The second-order valence-electron chi connectivity index (χ2n) is 14.5. The van der Waals surface area contributed by atoms with Gasteiger partial charge in [-0.3, -0.25) is 14.4 Å². The number of allylic oxidation sites excluding steroid dienone is 1. The summed E-state index contributed by atoms with van der Waals surface area (Å²) in [7, 11) is 0. The predicted molar refractivity (Wildman–Crippen MR) is 172 cm³/mol. The van der Waals surface area contributed by atoms with Crippen LogP contribution in [0.3, 0.4) is 0 Å². The molecule has 1 aromatic rings. The van der Waals surface area contributed by atoms with Gasteiger partial charge in [0.05, 0.1) is 35.8 Å². The maximum Gasteiger partial charge on any atom is 0.311 e. The number of hydrogen-bond acceptors (Lipinski definition) is 6. The Morgan fingerprint density at radius 3 is 2.42 bits per heavy atom. The lowest BCUT2D eigenvalue weighted by Gasteiger charge is -2.46. The van der Waals surface area contributed by atoms with Gasteiger partial charge in [0.15, 0.2) is 0 Å². The van der Waals surface area contributed by atoms with Crippen molar-refractivity contribution in [1.82, 2.24) is 9.80 Å². The van der Waals surface area contributed by atoms with E-state index in [1.807, 2.05) is 42.2 Å². The molecular formula is C35H50N2O5S. The van der Waals surface area contributed by atoms with Gasteiger partial charge in [0.25, 0.3) is 0 Å². The average molecular weight is 611 g/mol. The summed E-state index contributed by atoms with van der Waals surface area (Å²) in [6.07, 6.45) is 7.01. The van der Waals surface area contributed by atoms with E-state index in [2.05, 4.69) is 47.8 Å². The van der Waals surface area contributed by atoms with Crippen LogP contribution in [0.15, 0.2) is 55.6 Å². The van der Waals surface area contributed by atoms with Gasteiger partial charge in [-0.15, -0.1) is 24.9 Å². The number of esters is 1. The van der Waals surface area contributed by atoms with Crippen molar-refractivity contribution in [2.24, 2.45) is 17.3 Å². The molecule has 1 aromatic carbocycles. The van der Waals surface area contributed by atoms with Gasteiger partial charge < -0.3 is 19.6 Å². The summed E-state index contributed by atoms with van der Waals surface area (Å²) in [4.78, 5) is 47.1. The zero-order valence-electron chi connectivity index (χ0n) is 26.8. The number of carbonyl (C=O) groups excluding carboxylic acids is 3. The van der Waals surface area contributed by atoms with Crippen LogP contribution in [-0.2, 0) is 19.1 Å². The molecule has 6 atom stereocenters. The van der Waals surface area contributed by atoms with E-state index in [0.717, 1.165) is 18.4 Å². The molecule has 3 saturated heterocycles. The van der Waals surface area contributed by atoms with Crippen molar-refractivity contribution in [3.8, 4) is 0 Å². The fraction of sp³-hybridized carbons (Fsp3) is 0.629. The maximum atomic E-state index is 15.1. The quantitative estimate of drug-likeness (QED) is 0.169. The second-order valence-corrected chi connectivity index (χ2v) is 16.4. The summed E-state index contributed by atoms with van der Waals surface area (Å²) in [6.45, 7) is 20.6. The Balaban J connectivity index is 1.84. The fourth-order valence-electron chi connectivity index (χ4n) is 8.16. The highest BCUT2D eigenvalue weighted by molar-refractivity contribution is 8.02. The van der Waals surface area contributed by atoms with Crippen molar-refractivity contribution in [3.63, 3.8) is 0 Å². The summed E-state index contributed by atoms with van der Waals surface area (Å²) in [6, 6.07) is 7.80. The molecular weight excluding hydrogens is 560 g/mol. The van der Waals surface area contributed by atoms with Gasteiger partial charge in [0.1, 0.15) is 6.04 Å². The van der Waals surface area contributed by atoms with E-state index in [4.69, 9.17) is 4.74 Å². The minimum absolute atomic E-state index is 0.0542. The number of benzene rings is 1. The summed E-state index contributed by atoms with van der Waals surface area (Å²) in [5.74, 6) is -2.17. The van der Waals surface area contributed by atoms with E-state index in [0.29, 0.717) is 25.8 Å². The van der Waals surface area contributed by atoms with Crippen LogP contribution in [0.1, 0.15) is 85.3 Å². The topological polar surface area (TPSA) is 87.1 Å². The number of hydrogen-bond donors (Lipinski definition) is 1. The number of rotatable bonds is 13. The zero-order chi connectivity index (χ0) is 31.8. The molecule has 1 N–H and O–H groups in total. The van der Waals surface area contributed by atoms with Crippen molar-refractivity contribution in [3.05, 3.63) is 61.2 Å². The molecule has 7 nitrogen and oxygen atoms in total. The van der Waals surface area contributed by atoms with Crippen LogP contribution in [0, 0.1) is 17.3 Å². The minimum atomic E-state index is -0.855. The predicted octanol–water partition coefficient (Wildman–Crippen LogP) is 5.94. The van der Waals surface area contributed by atoms with Crippen molar-refractivity contribution >= 4 is 29.5 Å². The first-order valence-electron chi connectivity index (χ1n) is 15.6. The number of fused-ring (bicyclic) bond motifs is 1. The standard InChI is InChI=1S/C35H50N2O5S/c1-9-11-15-21-42-31(41)27-26-29(39)37(25(22-38)24-16-13-12-14-17-24)28(35(26)19-18-34(27,8)43-35)30(40)36(20-10-2)33(6,7)23-32(3,4)5/h9-10,12-14,16-17,25-28,38H,1-2,11,15,18-23H2,3-8H3/t25-,26+,27-,28?,34+,35?/m1/s1. The molecule has 0 aromatic heterocycles. The molecule has 43 heavy (non-hydrogen) atoms. The highest BCUT2D eigenvalue weighted by Gasteiger charge is 2.78. The van der Waals surface area contributed by atoms with Crippen LogP contribution in [0.4, 0.5) is 0 Å². The monoisotopic (exact) mass is 610 g/mol. The average Bonchev–Trinajstić information content (AvgIpc) is 3.50. The van der Waals surface area contributed by atoms with Gasteiger partial charge in [-0.05, 0) is 63.9 Å². The highest BCUT2D eigenvalue weighted by Crippen LogP contribution is 2.72. The molecule has 3 aliphatic rings. The normalized spacial score (nSPS) is 28.9. The first kappa shape index (κ1) is 33.3. The number of thioether (sulfide) groups is 1. The lowest BCUT2D eigenvalue weighted by Crippen LogP contribution is -2.60. The molecule has 2 unspecified atom stereocenters. The van der Waals surface area contributed by atoms with E-state index >= 15 is 4.79 Å².